The number of ether oxygens (including phenoxy) is 1. The third kappa shape index (κ3) is 3.55. The van der Waals surface area contributed by atoms with E-state index in [1.165, 1.54) is 0 Å². The predicted octanol–water partition coefficient (Wildman–Crippen LogP) is 1.06. The first-order chi connectivity index (χ1) is 7.74. The Morgan fingerprint density at radius 2 is 2.06 bits per heavy atom. The van der Waals surface area contributed by atoms with Gasteiger partial charge >= 0.3 is 0 Å². The van der Waals surface area contributed by atoms with E-state index in [1.54, 1.807) is 0 Å². The highest BCUT2D eigenvalue weighted by Crippen LogP contribution is 2.18. The van der Waals surface area contributed by atoms with Crippen LogP contribution in [0.15, 0.2) is 24.3 Å². The standard InChI is InChI=1S/C12H16N2O2/c13-10-3-1-9(2-4-10)7-16-8-12(15)14-11-5-6-11/h1-4,11H,5-8,13H2,(H,14,15). The maximum atomic E-state index is 11.3. The molecule has 0 saturated heterocycles. The van der Waals surface area contributed by atoms with Crippen LogP contribution in [0.4, 0.5) is 5.69 Å². The van der Waals surface area contributed by atoms with Gasteiger partial charge in [0.2, 0.25) is 5.91 Å². The normalized spacial score (nSPS) is 14.8. The lowest BCUT2D eigenvalue weighted by Crippen LogP contribution is -2.29. The van der Waals surface area contributed by atoms with Gasteiger partial charge in [0.05, 0.1) is 6.61 Å². The Balaban J connectivity index is 1.66. The molecule has 1 aliphatic carbocycles. The molecule has 0 atom stereocenters. The summed E-state index contributed by atoms with van der Waals surface area (Å²) in [5.41, 5.74) is 7.31. The molecule has 4 heteroatoms. The fourth-order valence-corrected chi connectivity index (χ4v) is 1.37. The van der Waals surface area contributed by atoms with Gasteiger partial charge in [0.1, 0.15) is 6.61 Å². The molecule has 2 rings (SSSR count). The van der Waals surface area contributed by atoms with Crippen molar-refractivity contribution in [3.63, 3.8) is 0 Å². The Kier molecular flexibility index (Phi) is 3.41. The summed E-state index contributed by atoms with van der Waals surface area (Å²) in [4.78, 5) is 11.3. The van der Waals surface area contributed by atoms with E-state index < -0.39 is 0 Å². The number of rotatable bonds is 5. The van der Waals surface area contributed by atoms with E-state index in [2.05, 4.69) is 5.32 Å². The molecule has 1 fully saturated rings. The van der Waals surface area contributed by atoms with E-state index in [0.717, 1.165) is 24.1 Å². The van der Waals surface area contributed by atoms with Crippen LogP contribution in [-0.4, -0.2) is 18.6 Å². The molecule has 4 nitrogen and oxygen atoms in total. The zero-order valence-electron chi connectivity index (χ0n) is 9.11. The maximum Gasteiger partial charge on any atom is 0.246 e. The number of nitrogens with one attached hydrogen (secondary N) is 1. The summed E-state index contributed by atoms with van der Waals surface area (Å²) < 4.78 is 5.30. The molecule has 0 unspecified atom stereocenters. The number of nitrogen functional groups attached to an aromatic ring is 1. The third-order valence-electron chi connectivity index (χ3n) is 2.42. The van der Waals surface area contributed by atoms with Crippen LogP contribution in [0.1, 0.15) is 18.4 Å². The van der Waals surface area contributed by atoms with Gasteiger partial charge in [-0.2, -0.15) is 0 Å². The molecule has 1 amide bonds. The quantitative estimate of drug-likeness (QED) is 0.729. The molecule has 1 saturated carbocycles. The number of nitrogens with two attached hydrogens (primary N) is 1. The highest BCUT2D eigenvalue weighted by atomic mass is 16.5. The average molecular weight is 220 g/mol. The summed E-state index contributed by atoms with van der Waals surface area (Å²) in [5.74, 6) is -0.0297. The van der Waals surface area contributed by atoms with Gasteiger partial charge in [0.15, 0.2) is 0 Å². The zero-order chi connectivity index (χ0) is 11.4. The summed E-state index contributed by atoms with van der Waals surface area (Å²) >= 11 is 0. The van der Waals surface area contributed by atoms with E-state index >= 15 is 0 Å². The summed E-state index contributed by atoms with van der Waals surface area (Å²) in [6.45, 7) is 0.569. The number of carbonyl (C=O) groups is 1. The van der Waals surface area contributed by atoms with Crippen molar-refractivity contribution in [1.82, 2.24) is 5.32 Å². The van der Waals surface area contributed by atoms with Crippen LogP contribution in [0.2, 0.25) is 0 Å². The summed E-state index contributed by atoms with van der Waals surface area (Å²) in [6.07, 6.45) is 2.20. The molecule has 0 radical (unpaired) electrons. The number of carbonyl (C=O) groups excluding carboxylic acids is 1. The van der Waals surface area contributed by atoms with E-state index in [4.69, 9.17) is 10.5 Å². The lowest BCUT2D eigenvalue weighted by Gasteiger charge is -2.05. The third-order valence-corrected chi connectivity index (χ3v) is 2.42. The van der Waals surface area contributed by atoms with Crippen molar-refractivity contribution >= 4 is 11.6 Å². The van der Waals surface area contributed by atoms with Crippen molar-refractivity contribution in [2.45, 2.75) is 25.5 Å². The van der Waals surface area contributed by atoms with E-state index in [1.807, 2.05) is 24.3 Å². The average Bonchev–Trinajstić information content (AvgIpc) is 3.05. The first-order valence-corrected chi connectivity index (χ1v) is 5.45. The van der Waals surface area contributed by atoms with Gasteiger partial charge in [-0.25, -0.2) is 0 Å². The lowest BCUT2D eigenvalue weighted by atomic mass is 10.2. The van der Waals surface area contributed by atoms with Gasteiger partial charge in [-0.05, 0) is 30.5 Å². The van der Waals surface area contributed by atoms with Crippen LogP contribution in [0.25, 0.3) is 0 Å². The number of hydrogen-bond acceptors (Lipinski definition) is 3. The largest absolute Gasteiger partial charge is 0.399 e. The van der Waals surface area contributed by atoms with Crippen LogP contribution in [0.3, 0.4) is 0 Å². The van der Waals surface area contributed by atoms with E-state index in [9.17, 15) is 4.79 Å². The second-order valence-electron chi connectivity index (χ2n) is 4.08. The van der Waals surface area contributed by atoms with Crippen molar-refractivity contribution in [2.24, 2.45) is 0 Å². The number of benzene rings is 1. The minimum atomic E-state index is -0.0297. The van der Waals surface area contributed by atoms with Gasteiger partial charge in [-0.3, -0.25) is 4.79 Å². The van der Waals surface area contributed by atoms with Crippen LogP contribution in [0, 0.1) is 0 Å². The second-order valence-corrected chi connectivity index (χ2v) is 4.08. The monoisotopic (exact) mass is 220 g/mol. The fraction of sp³-hybridized carbons (Fsp3) is 0.417. The first-order valence-electron chi connectivity index (χ1n) is 5.45. The van der Waals surface area contributed by atoms with Crippen LogP contribution >= 0.6 is 0 Å². The molecule has 3 N–H and O–H groups in total. The Labute approximate surface area is 94.8 Å². The van der Waals surface area contributed by atoms with Gasteiger partial charge in [-0.15, -0.1) is 0 Å². The van der Waals surface area contributed by atoms with Crippen molar-refractivity contribution < 1.29 is 9.53 Å². The topological polar surface area (TPSA) is 64.3 Å². The van der Waals surface area contributed by atoms with Crippen molar-refractivity contribution in [1.29, 1.82) is 0 Å². The van der Waals surface area contributed by atoms with E-state index in [-0.39, 0.29) is 12.5 Å². The summed E-state index contributed by atoms with van der Waals surface area (Å²) in [6, 6.07) is 7.83. The molecule has 1 aromatic rings. The van der Waals surface area contributed by atoms with Crippen molar-refractivity contribution in [3.8, 4) is 0 Å². The highest BCUT2D eigenvalue weighted by molar-refractivity contribution is 5.77. The smallest absolute Gasteiger partial charge is 0.246 e. The molecular formula is C12H16N2O2. The highest BCUT2D eigenvalue weighted by Gasteiger charge is 2.22. The molecular weight excluding hydrogens is 204 g/mol. The maximum absolute atomic E-state index is 11.3. The zero-order valence-corrected chi connectivity index (χ0v) is 9.11. The van der Waals surface area contributed by atoms with Crippen molar-refractivity contribution in [3.05, 3.63) is 29.8 Å². The fourth-order valence-electron chi connectivity index (χ4n) is 1.37. The van der Waals surface area contributed by atoms with Crippen LogP contribution < -0.4 is 11.1 Å². The minimum Gasteiger partial charge on any atom is -0.399 e. The van der Waals surface area contributed by atoms with Gasteiger partial charge in [0, 0.05) is 11.7 Å². The SMILES string of the molecule is Nc1ccc(COCC(=O)NC2CC2)cc1. The van der Waals surface area contributed by atoms with Crippen molar-refractivity contribution in [2.75, 3.05) is 12.3 Å². The van der Waals surface area contributed by atoms with Crippen LogP contribution in [0.5, 0.6) is 0 Å². The molecule has 0 spiro atoms. The molecule has 16 heavy (non-hydrogen) atoms. The number of anilines is 1. The van der Waals surface area contributed by atoms with Gasteiger partial charge in [-0.1, -0.05) is 12.1 Å². The second kappa shape index (κ2) is 4.99. The molecule has 86 valence electrons. The number of hydrogen-bond donors (Lipinski definition) is 2. The van der Waals surface area contributed by atoms with Gasteiger partial charge < -0.3 is 15.8 Å². The first kappa shape index (κ1) is 11.0. The number of amides is 1. The molecule has 0 heterocycles. The Morgan fingerprint density at radius 1 is 1.38 bits per heavy atom. The molecule has 1 aliphatic rings. The predicted molar refractivity (Wildman–Crippen MR) is 61.7 cm³/mol. The molecule has 0 bridgehead atoms. The van der Waals surface area contributed by atoms with E-state index in [0.29, 0.717) is 12.6 Å². The Morgan fingerprint density at radius 3 is 2.69 bits per heavy atom. The summed E-state index contributed by atoms with van der Waals surface area (Å²) in [7, 11) is 0. The minimum absolute atomic E-state index is 0.0297. The Hall–Kier alpha value is -1.55. The molecule has 0 aliphatic heterocycles. The molecule has 0 aromatic heterocycles. The summed E-state index contributed by atoms with van der Waals surface area (Å²) in [5, 5.41) is 2.87. The molecule has 1 aromatic carbocycles. The van der Waals surface area contributed by atoms with Gasteiger partial charge in [0.25, 0.3) is 0 Å². The lowest BCUT2D eigenvalue weighted by molar-refractivity contribution is -0.126. The Bertz CT molecular complexity index is 358. The van der Waals surface area contributed by atoms with Crippen LogP contribution in [-0.2, 0) is 16.1 Å².